The van der Waals surface area contributed by atoms with Crippen molar-refractivity contribution in [2.45, 2.75) is 218 Å². The highest BCUT2D eigenvalue weighted by molar-refractivity contribution is 5.75. The van der Waals surface area contributed by atoms with Gasteiger partial charge in [-0.3, -0.25) is 58.0 Å². The molecule has 2 amide bonds. The van der Waals surface area contributed by atoms with Gasteiger partial charge in [0.25, 0.3) is 0 Å². The van der Waals surface area contributed by atoms with Crippen molar-refractivity contribution in [3.05, 3.63) is 146 Å². The molecule has 20 N–H and O–H groups in total. The van der Waals surface area contributed by atoms with Gasteiger partial charge in [0, 0.05) is 112 Å². The molecule has 142 heavy (non-hydrogen) atoms. The molecule has 52 heteroatoms. The van der Waals surface area contributed by atoms with Gasteiger partial charge in [0.1, 0.15) is 96.9 Å². The molecule has 10 rings (SSSR count). The van der Waals surface area contributed by atoms with E-state index in [-0.39, 0.29) is 51.6 Å². The van der Waals surface area contributed by atoms with E-state index >= 15 is 0 Å². The van der Waals surface area contributed by atoms with E-state index in [1.165, 1.54) is 21.5 Å². The minimum atomic E-state index is -1.04. The van der Waals surface area contributed by atoms with Crippen molar-refractivity contribution >= 4 is 47.6 Å². The fourth-order valence-corrected chi connectivity index (χ4v) is 14.9. The van der Waals surface area contributed by atoms with Gasteiger partial charge in [-0.25, -0.2) is 39.9 Å². The maximum absolute atomic E-state index is 11.3. The van der Waals surface area contributed by atoms with Gasteiger partial charge in [0.2, 0.25) is 11.8 Å². The number of ether oxygens (including phenoxy) is 10. The molecule has 2 aliphatic rings. The van der Waals surface area contributed by atoms with E-state index in [9.17, 15) is 53.7 Å². The Morgan fingerprint density at radius 2 is 0.500 bits per heavy atom. The number of carboxylic acid groups (broad SMARTS) is 6. The number of aromatic nitrogens is 16. The van der Waals surface area contributed by atoms with Crippen molar-refractivity contribution in [1.82, 2.24) is 96.0 Å². The van der Waals surface area contributed by atoms with Crippen LogP contribution in [0.25, 0.3) is 0 Å². The first-order valence-corrected chi connectivity index (χ1v) is 47.5. The monoisotopic (exact) mass is 2010 g/mol. The molecule has 0 aliphatic carbocycles. The zero-order valence-electron chi connectivity index (χ0n) is 80.8. The summed E-state index contributed by atoms with van der Waals surface area (Å²) in [7, 11) is 0. The van der Waals surface area contributed by atoms with Gasteiger partial charge < -0.3 is 159 Å². The Balaban J connectivity index is 0.000000269. The third-order valence-electron chi connectivity index (χ3n) is 22.3. The summed E-state index contributed by atoms with van der Waals surface area (Å²) in [6, 6.07) is -3.52. The summed E-state index contributed by atoms with van der Waals surface area (Å²) in [4.78, 5) is 132. The van der Waals surface area contributed by atoms with E-state index in [4.69, 9.17) is 117 Å². The van der Waals surface area contributed by atoms with Gasteiger partial charge in [-0.05, 0) is 77.5 Å². The van der Waals surface area contributed by atoms with Crippen molar-refractivity contribution in [3.8, 4) is 0 Å². The first kappa shape index (κ1) is 118. The third kappa shape index (κ3) is 48.1. The molecule has 0 radical (unpaired) electrons. The summed E-state index contributed by atoms with van der Waals surface area (Å²) >= 11 is 0. The minimum Gasteiger partial charge on any atom is -0.480 e. The molecule has 0 bridgehead atoms. The van der Waals surface area contributed by atoms with E-state index in [2.05, 4.69) is 48.8 Å². The molecule has 10 heterocycles. The molecule has 0 aromatic carbocycles. The first-order valence-electron chi connectivity index (χ1n) is 47.5. The van der Waals surface area contributed by atoms with E-state index in [0.29, 0.717) is 305 Å². The average molecular weight is 2010 g/mol. The van der Waals surface area contributed by atoms with Gasteiger partial charge >= 0.3 is 35.8 Å². The van der Waals surface area contributed by atoms with Gasteiger partial charge in [0.15, 0.2) is 0 Å². The molecule has 792 valence electrons. The van der Waals surface area contributed by atoms with E-state index in [1.807, 2.05) is 43.7 Å². The van der Waals surface area contributed by atoms with Crippen LogP contribution in [0.15, 0.2) is 99.1 Å². The SMILES string of the molecule is NC(=O)Cn1ccnc1CN(CCCCC(N)C(=O)O)Cc1nccn1CC(N)=O.NC(CCCCN(Cc1nccn1CC(=O)O)Cc1nccn1CC(=O)O)C(=O)O.NC(CCCCN(Cc1nccn1CC1COCCOCCOCCOCCO1)Cc1nccn1CC1COCCOCCOCCOCCO1)C(=O)O.NC(CCCCN(Cc1nccn1CCO)Cc1nccn1CCO)C(=O)O. The Bertz CT molecular complexity index is 4440. The molecule has 2 aliphatic heterocycles. The van der Waals surface area contributed by atoms with E-state index in [0.717, 1.165) is 42.7 Å². The van der Waals surface area contributed by atoms with Gasteiger partial charge in [-0.1, -0.05) is 25.7 Å². The number of carbonyl (C=O) groups excluding carboxylic acids is 2. The number of primary amides is 2. The number of nitrogens with two attached hydrogens (primary N) is 6. The number of aliphatic hydroxyl groups excluding tert-OH is 2. The van der Waals surface area contributed by atoms with Crippen LogP contribution in [-0.4, -0.2) is 379 Å². The van der Waals surface area contributed by atoms with Crippen molar-refractivity contribution in [1.29, 1.82) is 0 Å². The number of hydrogen-bond donors (Lipinski definition) is 14. The summed E-state index contributed by atoms with van der Waals surface area (Å²) in [6.45, 7) is 16.4. The lowest BCUT2D eigenvalue weighted by atomic mass is 10.1. The lowest BCUT2D eigenvalue weighted by Gasteiger charge is -2.25. The number of rotatable bonds is 56. The number of aliphatic carboxylic acids is 6. The molecule has 8 aromatic heterocycles. The number of carbonyl (C=O) groups is 8. The predicted octanol–water partition coefficient (Wildman–Crippen LogP) is -1.29. The zero-order valence-corrected chi connectivity index (χ0v) is 80.8. The van der Waals surface area contributed by atoms with Crippen LogP contribution in [0.3, 0.4) is 0 Å². The van der Waals surface area contributed by atoms with Crippen LogP contribution in [0.1, 0.15) is 124 Å². The van der Waals surface area contributed by atoms with Crippen molar-refractivity contribution in [3.63, 3.8) is 0 Å². The van der Waals surface area contributed by atoms with Gasteiger partial charge in [-0.15, -0.1) is 0 Å². The molecule has 52 nitrogen and oxygen atoms in total. The van der Waals surface area contributed by atoms with Crippen LogP contribution in [0.5, 0.6) is 0 Å². The topological polar surface area (TPSA) is 702 Å². The number of imidazole rings is 8. The fourth-order valence-electron chi connectivity index (χ4n) is 14.9. The Morgan fingerprint density at radius 3 is 0.725 bits per heavy atom. The largest absolute Gasteiger partial charge is 0.480 e. The third-order valence-corrected chi connectivity index (χ3v) is 22.3. The Labute approximate surface area is 823 Å². The lowest BCUT2D eigenvalue weighted by Crippen LogP contribution is -2.32. The molecule has 8 aromatic rings. The number of amides is 2. The highest BCUT2D eigenvalue weighted by Gasteiger charge is 2.26. The normalized spacial score (nSPS) is 16.2. The van der Waals surface area contributed by atoms with Gasteiger partial charge in [0.05, 0.1) is 210 Å². The smallest absolute Gasteiger partial charge is 0.323 e. The van der Waals surface area contributed by atoms with Crippen LogP contribution in [0.2, 0.25) is 0 Å². The summed E-state index contributed by atoms with van der Waals surface area (Å²) < 4.78 is 72.1. The minimum absolute atomic E-state index is 0.0208. The summed E-state index contributed by atoms with van der Waals surface area (Å²) in [5.41, 5.74) is 33.0. The van der Waals surface area contributed by atoms with Crippen molar-refractivity contribution in [2.75, 3.05) is 158 Å². The predicted molar refractivity (Wildman–Crippen MR) is 506 cm³/mol. The second-order valence-electron chi connectivity index (χ2n) is 33.5. The van der Waals surface area contributed by atoms with Crippen molar-refractivity contribution in [2.24, 2.45) is 34.4 Å². The standard InChI is InChI=1S/C36H62N6O12.C18H28N8O4.C18H26N6O6.C18H30N6O4/c37-33(36(43)44)3-1-2-6-40(27-34-38-4-7-41(34)25-31-29-51-19-17-47-11-9-45-13-15-49-21-23-53-31)28-35-39-5-8-42(35)26-32-30-52-20-18-48-12-10-46-14-16-50-22-24-54-32;19-13(18(29)30)3-1-2-6-24(11-16-22-4-7-25(16)9-14(20)27)12-17-23-5-8-26(17)10-15(21)28;19-13(18(29)30)3-1-2-6-22(9-14-20-4-7-23(14)11-16(25)26)10-15-21-5-8-24(15)12-17(27)28;19-15(18(27)28)3-1-2-6-22(13-16-20-4-7-23(16)9-11-25)14-17-21-5-8-24(17)10-12-26/h4-5,7-8,31-33H,1-3,6,9-30,37H2,(H,43,44);4-5,7-8,13H,1-3,6,9-12,19H2,(H2,20,27)(H2,21,28)(H,29,30);4-5,7-8,13H,1-3,6,9-12,19H2,(H,25,26)(H,27,28)(H,29,30);4-5,7-8,15,25-26H,1-3,6,9-14,19H2,(H,27,28). The van der Waals surface area contributed by atoms with E-state index in [1.54, 1.807) is 71.1 Å². The molecule has 0 spiro atoms. The Morgan fingerprint density at radius 1 is 0.296 bits per heavy atom. The van der Waals surface area contributed by atoms with Crippen molar-refractivity contribution < 1.29 is 127 Å². The van der Waals surface area contributed by atoms with Crippen LogP contribution in [-0.2, 0) is 190 Å². The molecule has 6 atom stereocenters. The Hall–Kier alpha value is -11.4. The Kier molecular flexibility index (Phi) is 56.9. The highest BCUT2D eigenvalue weighted by Crippen LogP contribution is 2.20. The van der Waals surface area contributed by atoms with Crippen LogP contribution in [0.4, 0.5) is 0 Å². The number of carboxylic acids is 6. The molecule has 2 saturated heterocycles. The molecule has 6 unspecified atom stereocenters. The molecule has 2 fully saturated rings. The number of aliphatic hydroxyl groups is 2. The average Bonchev–Trinajstić information content (AvgIpc) is 1.79. The summed E-state index contributed by atoms with van der Waals surface area (Å²) in [5.74, 6) is -1.12. The van der Waals surface area contributed by atoms with Crippen LogP contribution >= 0.6 is 0 Å². The van der Waals surface area contributed by atoms with Crippen LogP contribution < -0.4 is 34.4 Å². The second kappa shape index (κ2) is 68.8. The second-order valence-corrected chi connectivity index (χ2v) is 33.5. The number of unbranched alkanes of at least 4 members (excludes halogenated alkanes) is 4. The number of nitrogens with zero attached hydrogens (tertiary/aromatic N) is 20. The van der Waals surface area contributed by atoms with E-state index < -0.39 is 71.8 Å². The molecular formula is C90H146N26O26. The number of hydrogen-bond acceptors (Lipinski definition) is 36. The lowest BCUT2D eigenvalue weighted by molar-refractivity contribution is -0.139. The van der Waals surface area contributed by atoms with Crippen LogP contribution in [0, 0.1) is 0 Å². The zero-order chi connectivity index (χ0) is 102. The summed E-state index contributed by atoms with van der Waals surface area (Å²) in [6.07, 6.45) is 33.9. The maximum atomic E-state index is 11.3. The molecule has 0 saturated carbocycles. The maximum Gasteiger partial charge on any atom is 0.323 e. The highest BCUT2D eigenvalue weighted by atomic mass is 16.6. The summed E-state index contributed by atoms with van der Waals surface area (Å²) in [5, 5.41) is 72.5. The fraction of sp³-hybridized carbons (Fsp3) is 0.644. The first-order chi connectivity index (χ1) is 68.6. The molecular weight excluding hydrogens is 1860 g/mol. The quantitative estimate of drug-likeness (QED) is 0.0197. The van der Waals surface area contributed by atoms with Gasteiger partial charge in [-0.2, -0.15) is 0 Å².